The highest BCUT2D eigenvalue weighted by Crippen LogP contribution is 2.35. The molecule has 1 unspecified atom stereocenters. The summed E-state index contributed by atoms with van der Waals surface area (Å²) in [5.41, 5.74) is 0.618. The number of methoxy groups -OCH3 is 2. The molecule has 2 N–H and O–H groups in total. The molecule has 1 aromatic carbocycles. The number of ether oxygens (including phenoxy) is 2. The molecule has 1 aliphatic rings. The summed E-state index contributed by atoms with van der Waals surface area (Å²) >= 11 is 0. The van der Waals surface area contributed by atoms with Gasteiger partial charge >= 0.3 is 5.97 Å². The number of nitrogens with zero attached hydrogens (tertiary/aromatic N) is 1. The molecule has 27 heavy (non-hydrogen) atoms. The van der Waals surface area contributed by atoms with E-state index >= 15 is 0 Å². The first-order valence-electron chi connectivity index (χ1n) is 8.98. The standard InChI is InChI=1S/C19H26N2O6/c1-26-14-7-8-15(16(11-14)27-2)21-12-13(10-17(21)22)19(25)20-9-5-3-4-6-18(23)24/h7-8,11,13H,3-6,9-10,12H2,1-2H3,(H,20,25)(H,23,24). The predicted molar refractivity (Wildman–Crippen MR) is 99.1 cm³/mol. The van der Waals surface area contributed by atoms with E-state index < -0.39 is 11.9 Å². The predicted octanol–water partition coefficient (Wildman–Crippen LogP) is 1.82. The van der Waals surface area contributed by atoms with Gasteiger partial charge in [0.1, 0.15) is 11.5 Å². The van der Waals surface area contributed by atoms with E-state index in [2.05, 4.69) is 5.32 Å². The summed E-state index contributed by atoms with van der Waals surface area (Å²) in [7, 11) is 3.07. The molecule has 0 radical (unpaired) electrons. The zero-order valence-electron chi connectivity index (χ0n) is 15.7. The molecule has 1 heterocycles. The van der Waals surface area contributed by atoms with Gasteiger partial charge < -0.3 is 24.8 Å². The Morgan fingerprint density at radius 1 is 1.22 bits per heavy atom. The van der Waals surface area contributed by atoms with E-state index in [4.69, 9.17) is 14.6 Å². The number of nitrogens with one attached hydrogen (secondary N) is 1. The Morgan fingerprint density at radius 3 is 2.67 bits per heavy atom. The van der Waals surface area contributed by atoms with Crippen LogP contribution in [-0.4, -0.2) is 50.2 Å². The number of hydrogen-bond donors (Lipinski definition) is 2. The molecule has 2 amide bonds. The maximum atomic E-state index is 12.4. The number of benzene rings is 1. The van der Waals surface area contributed by atoms with Gasteiger partial charge in [-0.2, -0.15) is 0 Å². The molecule has 8 nitrogen and oxygen atoms in total. The van der Waals surface area contributed by atoms with Gasteiger partial charge in [-0.1, -0.05) is 6.42 Å². The third kappa shape index (κ3) is 5.60. The molecule has 1 aliphatic heterocycles. The van der Waals surface area contributed by atoms with Gasteiger partial charge in [0.25, 0.3) is 0 Å². The van der Waals surface area contributed by atoms with Gasteiger partial charge in [0.15, 0.2) is 0 Å². The minimum Gasteiger partial charge on any atom is -0.497 e. The summed E-state index contributed by atoms with van der Waals surface area (Å²) < 4.78 is 10.5. The molecule has 8 heteroatoms. The molecule has 148 valence electrons. The van der Waals surface area contributed by atoms with E-state index in [1.807, 2.05) is 0 Å². The molecule has 0 aromatic heterocycles. The highest BCUT2D eigenvalue weighted by molar-refractivity contribution is 6.01. The maximum absolute atomic E-state index is 12.4. The first-order chi connectivity index (χ1) is 13.0. The Kier molecular flexibility index (Phi) is 7.45. The van der Waals surface area contributed by atoms with Gasteiger partial charge in [-0.25, -0.2) is 0 Å². The summed E-state index contributed by atoms with van der Waals surface area (Å²) in [4.78, 5) is 36.7. The van der Waals surface area contributed by atoms with Crippen LogP contribution in [0, 0.1) is 5.92 Å². The second-order valence-electron chi connectivity index (χ2n) is 6.44. The molecule has 0 spiro atoms. The number of amides is 2. The molecular formula is C19H26N2O6. The van der Waals surface area contributed by atoms with Crippen LogP contribution in [0.15, 0.2) is 18.2 Å². The van der Waals surface area contributed by atoms with E-state index in [9.17, 15) is 14.4 Å². The van der Waals surface area contributed by atoms with Crippen molar-refractivity contribution in [3.05, 3.63) is 18.2 Å². The van der Waals surface area contributed by atoms with Crippen molar-refractivity contribution in [1.29, 1.82) is 0 Å². The molecule has 1 fully saturated rings. The summed E-state index contributed by atoms with van der Waals surface area (Å²) in [6.07, 6.45) is 2.35. The zero-order valence-corrected chi connectivity index (χ0v) is 15.7. The summed E-state index contributed by atoms with van der Waals surface area (Å²) in [6.45, 7) is 0.779. The van der Waals surface area contributed by atoms with Crippen LogP contribution in [0.3, 0.4) is 0 Å². The number of aliphatic carboxylic acids is 1. The van der Waals surface area contributed by atoms with Crippen molar-refractivity contribution >= 4 is 23.5 Å². The number of rotatable bonds is 10. The number of hydrogen-bond acceptors (Lipinski definition) is 5. The highest BCUT2D eigenvalue weighted by Gasteiger charge is 2.36. The second-order valence-corrected chi connectivity index (χ2v) is 6.44. The van der Waals surface area contributed by atoms with E-state index in [1.165, 1.54) is 7.11 Å². The van der Waals surface area contributed by atoms with Crippen LogP contribution in [0.1, 0.15) is 32.1 Å². The van der Waals surface area contributed by atoms with Crippen LogP contribution in [0.25, 0.3) is 0 Å². The molecule has 0 saturated carbocycles. The summed E-state index contributed by atoms with van der Waals surface area (Å²) in [5, 5.41) is 11.4. The van der Waals surface area contributed by atoms with Crippen molar-refractivity contribution in [1.82, 2.24) is 5.32 Å². The summed E-state index contributed by atoms with van der Waals surface area (Å²) in [5.74, 6) is -0.362. The Morgan fingerprint density at radius 2 is 2.00 bits per heavy atom. The van der Waals surface area contributed by atoms with Gasteiger partial charge in [0.05, 0.1) is 25.8 Å². The van der Waals surface area contributed by atoms with Gasteiger partial charge in [0.2, 0.25) is 11.8 Å². The van der Waals surface area contributed by atoms with Gasteiger partial charge in [-0.05, 0) is 25.0 Å². The van der Waals surface area contributed by atoms with Crippen molar-refractivity contribution in [3.8, 4) is 11.5 Å². The van der Waals surface area contributed by atoms with Crippen LogP contribution < -0.4 is 19.7 Å². The summed E-state index contributed by atoms with van der Waals surface area (Å²) in [6, 6.07) is 5.20. The lowest BCUT2D eigenvalue weighted by Crippen LogP contribution is -2.33. The quantitative estimate of drug-likeness (QED) is 0.602. The lowest BCUT2D eigenvalue weighted by molar-refractivity contribution is -0.137. The van der Waals surface area contributed by atoms with Crippen LogP contribution >= 0.6 is 0 Å². The number of anilines is 1. The lowest BCUT2D eigenvalue weighted by atomic mass is 10.1. The third-order valence-electron chi connectivity index (χ3n) is 4.54. The first-order valence-corrected chi connectivity index (χ1v) is 8.98. The molecule has 1 atom stereocenters. The van der Waals surface area contributed by atoms with Gasteiger partial charge in [-0.3, -0.25) is 14.4 Å². The average Bonchev–Trinajstić information content (AvgIpc) is 3.05. The van der Waals surface area contributed by atoms with Crippen molar-refractivity contribution in [2.24, 2.45) is 5.92 Å². The smallest absolute Gasteiger partial charge is 0.303 e. The Balaban J connectivity index is 1.87. The first kappa shape index (κ1) is 20.5. The molecular weight excluding hydrogens is 352 g/mol. The molecule has 1 aromatic rings. The van der Waals surface area contributed by atoms with Crippen molar-refractivity contribution < 1.29 is 29.0 Å². The van der Waals surface area contributed by atoms with Gasteiger partial charge in [0, 0.05) is 32.0 Å². The normalized spacial score (nSPS) is 16.3. The largest absolute Gasteiger partial charge is 0.497 e. The number of carbonyl (C=O) groups excluding carboxylic acids is 2. The van der Waals surface area contributed by atoms with E-state index in [0.29, 0.717) is 36.7 Å². The van der Waals surface area contributed by atoms with E-state index in [1.54, 1.807) is 30.2 Å². The number of carboxylic acid groups (broad SMARTS) is 1. The monoisotopic (exact) mass is 378 g/mol. The molecule has 0 bridgehead atoms. The Bertz CT molecular complexity index is 691. The lowest BCUT2D eigenvalue weighted by Gasteiger charge is -2.20. The SMILES string of the molecule is COc1ccc(N2CC(C(=O)NCCCCCC(=O)O)CC2=O)c(OC)c1. The highest BCUT2D eigenvalue weighted by atomic mass is 16.5. The fraction of sp³-hybridized carbons (Fsp3) is 0.526. The van der Waals surface area contributed by atoms with Crippen molar-refractivity contribution in [2.75, 3.05) is 32.2 Å². The van der Waals surface area contributed by atoms with Crippen LogP contribution in [0.5, 0.6) is 11.5 Å². The van der Waals surface area contributed by atoms with Crippen LogP contribution in [0.2, 0.25) is 0 Å². The Labute approximate surface area is 158 Å². The zero-order chi connectivity index (χ0) is 19.8. The third-order valence-corrected chi connectivity index (χ3v) is 4.54. The van der Waals surface area contributed by atoms with E-state index in [-0.39, 0.29) is 24.7 Å². The number of carbonyl (C=O) groups is 3. The molecule has 1 saturated heterocycles. The Hall–Kier alpha value is -2.77. The minimum atomic E-state index is -0.808. The maximum Gasteiger partial charge on any atom is 0.303 e. The number of unbranched alkanes of at least 4 members (excludes halogenated alkanes) is 2. The topological polar surface area (TPSA) is 105 Å². The molecule has 0 aliphatic carbocycles. The number of carboxylic acids is 1. The van der Waals surface area contributed by atoms with Crippen molar-refractivity contribution in [3.63, 3.8) is 0 Å². The van der Waals surface area contributed by atoms with E-state index in [0.717, 1.165) is 12.8 Å². The minimum absolute atomic E-state index is 0.125. The average molecular weight is 378 g/mol. The molecule has 2 rings (SSSR count). The van der Waals surface area contributed by atoms with Gasteiger partial charge in [-0.15, -0.1) is 0 Å². The fourth-order valence-corrected chi connectivity index (χ4v) is 3.06. The fourth-order valence-electron chi connectivity index (χ4n) is 3.06. The van der Waals surface area contributed by atoms with Crippen LogP contribution in [0.4, 0.5) is 5.69 Å². The second kappa shape index (κ2) is 9.80. The van der Waals surface area contributed by atoms with Crippen molar-refractivity contribution in [2.45, 2.75) is 32.1 Å². The van der Waals surface area contributed by atoms with Crippen LogP contribution in [-0.2, 0) is 14.4 Å².